The first-order valence-corrected chi connectivity index (χ1v) is 2.86. The van der Waals surface area contributed by atoms with E-state index >= 15 is 0 Å². The first-order chi connectivity index (χ1) is 4.20. The van der Waals surface area contributed by atoms with Crippen molar-refractivity contribution in [3.63, 3.8) is 0 Å². The fourth-order valence-corrected chi connectivity index (χ4v) is 0.603. The van der Waals surface area contributed by atoms with Gasteiger partial charge >= 0.3 is 0 Å². The Morgan fingerprint density at radius 1 is 1.56 bits per heavy atom. The second kappa shape index (κ2) is 2.37. The SMILES string of the molecule is O=c1cc(Cl)c(Cl)n[nH]1. The Morgan fingerprint density at radius 3 is 2.67 bits per heavy atom. The quantitative estimate of drug-likeness (QED) is 0.624. The maximum atomic E-state index is 10.4. The van der Waals surface area contributed by atoms with E-state index in [1.54, 1.807) is 0 Å². The van der Waals surface area contributed by atoms with Gasteiger partial charge in [0.1, 0.15) is 0 Å². The number of hydrogen-bond acceptors (Lipinski definition) is 2. The van der Waals surface area contributed by atoms with Gasteiger partial charge in [-0.2, -0.15) is 5.10 Å². The number of halogens is 2. The van der Waals surface area contributed by atoms with Crippen LogP contribution in [0.4, 0.5) is 0 Å². The molecule has 0 saturated heterocycles. The van der Waals surface area contributed by atoms with E-state index in [0.717, 1.165) is 6.07 Å². The summed E-state index contributed by atoms with van der Waals surface area (Å²) in [4.78, 5) is 10.4. The highest BCUT2D eigenvalue weighted by Crippen LogP contribution is 2.13. The van der Waals surface area contributed by atoms with Crippen molar-refractivity contribution < 1.29 is 0 Å². The fourth-order valence-electron chi connectivity index (χ4n) is 0.365. The van der Waals surface area contributed by atoms with Gasteiger partial charge in [0.2, 0.25) is 0 Å². The van der Waals surface area contributed by atoms with Crippen molar-refractivity contribution in [1.29, 1.82) is 0 Å². The van der Waals surface area contributed by atoms with Crippen LogP contribution in [0.5, 0.6) is 0 Å². The van der Waals surface area contributed by atoms with Crippen LogP contribution in [0.3, 0.4) is 0 Å². The van der Waals surface area contributed by atoms with Crippen molar-refractivity contribution in [1.82, 2.24) is 10.2 Å². The zero-order chi connectivity index (χ0) is 6.85. The Bertz CT molecular complexity index is 270. The van der Waals surface area contributed by atoms with Crippen molar-refractivity contribution in [2.24, 2.45) is 0 Å². The molecule has 9 heavy (non-hydrogen) atoms. The molecule has 0 atom stereocenters. The van der Waals surface area contributed by atoms with E-state index in [9.17, 15) is 4.79 Å². The average molecular weight is 165 g/mol. The Morgan fingerprint density at radius 2 is 2.22 bits per heavy atom. The van der Waals surface area contributed by atoms with Crippen LogP contribution >= 0.6 is 23.2 Å². The van der Waals surface area contributed by atoms with Gasteiger partial charge in [0.05, 0.1) is 5.02 Å². The van der Waals surface area contributed by atoms with Gasteiger partial charge in [0.15, 0.2) is 5.15 Å². The van der Waals surface area contributed by atoms with Gasteiger partial charge in [-0.25, -0.2) is 5.10 Å². The molecule has 3 nitrogen and oxygen atoms in total. The standard InChI is InChI=1S/C4H2Cl2N2O/c5-2-1-3(9)7-8-4(2)6/h1H,(H,7,9). The molecule has 5 heteroatoms. The molecule has 1 rings (SSSR count). The molecule has 0 aromatic carbocycles. The van der Waals surface area contributed by atoms with E-state index in [4.69, 9.17) is 23.2 Å². The molecule has 0 aliphatic heterocycles. The lowest BCUT2D eigenvalue weighted by Crippen LogP contribution is -2.05. The second-order valence-electron chi connectivity index (χ2n) is 1.37. The minimum atomic E-state index is -0.357. The van der Waals surface area contributed by atoms with Crippen LogP contribution in [0.1, 0.15) is 0 Å². The van der Waals surface area contributed by atoms with Gasteiger partial charge in [-0.15, -0.1) is 0 Å². The van der Waals surface area contributed by atoms with Crippen LogP contribution < -0.4 is 5.56 Å². The van der Waals surface area contributed by atoms with E-state index in [2.05, 4.69) is 10.2 Å². The van der Waals surface area contributed by atoms with Crippen LogP contribution in [0.15, 0.2) is 10.9 Å². The number of nitrogens with one attached hydrogen (secondary N) is 1. The third-order valence-electron chi connectivity index (χ3n) is 0.719. The summed E-state index contributed by atoms with van der Waals surface area (Å²) in [6, 6.07) is 1.16. The third-order valence-corrected chi connectivity index (χ3v) is 1.39. The lowest BCUT2D eigenvalue weighted by atomic mass is 10.6. The van der Waals surface area contributed by atoms with Gasteiger partial charge < -0.3 is 0 Å². The minimum Gasteiger partial charge on any atom is -0.268 e. The van der Waals surface area contributed by atoms with E-state index < -0.39 is 0 Å². The largest absolute Gasteiger partial charge is 0.268 e. The number of aromatic nitrogens is 2. The summed E-state index contributed by atoms with van der Waals surface area (Å²) in [6.45, 7) is 0. The van der Waals surface area contributed by atoms with E-state index in [0.29, 0.717) is 0 Å². The van der Waals surface area contributed by atoms with Crippen molar-refractivity contribution >= 4 is 23.2 Å². The van der Waals surface area contributed by atoms with Crippen LogP contribution in [0.2, 0.25) is 10.2 Å². The monoisotopic (exact) mass is 164 g/mol. The Kier molecular flexibility index (Phi) is 1.73. The molecule has 0 radical (unpaired) electrons. The zero-order valence-corrected chi connectivity index (χ0v) is 5.70. The molecule has 0 unspecified atom stereocenters. The molecule has 0 aliphatic carbocycles. The van der Waals surface area contributed by atoms with Crippen molar-refractivity contribution in [3.8, 4) is 0 Å². The molecule has 48 valence electrons. The topological polar surface area (TPSA) is 45.8 Å². The number of nitrogens with zero attached hydrogens (tertiary/aromatic N) is 1. The molecule has 1 aromatic heterocycles. The highest BCUT2D eigenvalue weighted by Gasteiger charge is 1.96. The summed E-state index contributed by atoms with van der Waals surface area (Å²) >= 11 is 10.8. The summed E-state index contributed by atoms with van der Waals surface area (Å²) in [5.74, 6) is 0. The summed E-state index contributed by atoms with van der Waals surface area (Å²) in [5, 5.41) is 5.77. The van der Waals surface area contributed by atoms with Gasteiger partial charge in [0.25, 0.3) is 5.56 Å². The summed E-state index contributed by atoms with van der Waals surface area (Å²) in [7, 11) is 0. The van der Waals surface area contributed by atoms with Crippen LogP contribution in [-0.2, 0) is 0 Å². The van der Waals surface area contributed by atoms with Crippen molar-refractivity contribution in [2.45, 2.75) is 0 Å². The molecular formula is C4H2Cl2N2O. The third kappa shape index (κ3) is 1.43. The van der Waals surface area contributed by atoms with E-state index in [-0.39, 0.29) is 15.7 Å². The number of hydrogen-bond donors (Lipinski definition) is 1. The second-order valence-corrected chi connectivity index (χ2v) is 2.14. The summed E-state index contributed by atoms with van der Waals surface area (Å²) in [5.41, 5.74) is -0.357. The van der Waals surface area contributed by atoms with E-state index in [1.165, 1.54) is 0 Å². The lowest BCUT2D eigenvalue weighted by molar-refractivity contribution is 0.989. The highest BCUT2D eigenvalue weighted by atomic mass is 35.5. The van der Waals surface area contributed by atoms with Gasteiger partial charge in [-0.05, 0) is 0 Å². The first-order valence-electron chi connectivity index (χ1n) is 2.11. The van der Waals surface area contributed by atoms with Crippen LogP contribution in [0, 0.1) is 0 Å². The molecule has 1 aromatic rings. The molecule has 0 aliphatic rings. The predicted octanol–water partition coefficient (Wildman–Crippen LogP) is 1.08. The summed E-state index contributed by atoms with van der Waals surface area (Å²) < 4.78 is 0. The molecule has 0 bridgehead atoms. The van der Waals surface area contributed by atoms with E-state index in [1.807, 2.05) is 0 Å². The maximum Gasteiger partial charge on any atom is 0.265 e. The van der Waals surface area contributed by atoms with Gasteiger partial charge in [-0.1, -0.05) is 23.2 Å². The van der Waals surface area contributed by atoms with Crippen molar-refractivity contribution in [2.75, 3.05) is 0 Å². The number of rotatable bonds is 0. The van der Waals surface area contributed by atoms with Gasteiger partial charge in [0, 0.05) is 6.07 Å². The molecule has 0 saturated carbocycles. The molecule has 0 spiro atoms. The molecular weight excluding hydrogens is 163 g/mol. The normalized spacial score (nSPS) is 9.56. The van der Waals surface area contributed by atoms with Crippen molar-refractivity contribution in [3.05, 3.63) is 26.6 Å². The Hall–Kier alpha value is -0.540. The number of aromatic amines is 1. The number of H-pyrrole nitrogens is 1. The maximum absolute atomic E-state index is 10.4. The summed E-state index contributed by atoms with van der Waals surface area (Å²) in [6.07, 6.45) is 0. The molecule has 1 N–H and O–H groups in total. The molecule has 1 heterocycles. The predicted molar refractivity (Wildman–Crippen MR) is 34.9 cm³/mol. The van der Waals surface area contributed by atoms with Gasteiger partial charge in [-0.3, -0.25) is 4.79 Å². The Balaban J connectivity index is 3.34. The fraction of sp³-hybridized carbons (Fsp3) is 0. The first kappa shape index (κ1) is 6.58. The lowest BCUT2D eigenvalue weighted by Gasteiger charge is -1.87. The smallest absolute Gasteiger partial charge is 0.265 e. The highest BCUT2D eigenvalue weighted by molar-refractivity contribution is 6.41. The van der Waals surface area contributed by atoms with Crippen LogP contribution in [0.25, 0.3) is 0 Å². The minimum absolute atomic E-state index is 0.108. The van der Waals surface area contributed by atoms with Crippen LogP contribution in [-0.4, -0.2) is 10.2 Å². The average Bonchev–Trinajstić information content (AvgIpc) is 1.80. The zero-order valence-electron chi connectivity index (χ0n) is 4.19. The molecule has 0 fully saturated rings. The Labute approximate surface area is 60.6 Å². The molecule has 0 amide bonds.